The molecule has 326 valence electrons. The van der Waals surface area contributed by atoms with Gasteiger partial charge in [-0.2, -0.15) is 0 Å². The van der Waals surface area contributed by atoms with Gasteiger partial charge in [-0.3, -0.25) is 9.59 Å². The third kappa shape index (κ3) is 39.6. The number of aliphatic hydroxyl groups is 2. The number of amides is 1. The Balaban J connectivity index is 4.70. The summed E-state index contributed by atoms with van der Waals surface area (Å²) in [6.45, 7) is 6.19. The maximum Gasteiger partial charge on any atom is 0.306 e. The summed E-state index contributed by atoms with van der Waals surface area (Å²) < 4.78 is 5.88. The summed E-state index contributed by atoms with van der Waals surface area (Å²) in [5.74, 6) is -0.548. The summed E-state index contributed by atoms with van der Waals surface area (Å²) in [5.41, 5.74) is 0. The van der Waals surface area contributed by atoms with Crippen molar-refractivity contribution in [3.8, 4) is 0 Å². The van der Waals surface area contributed by atoms with Gasteiger partial charge in [0.05, 0.1) is 25.2 Å². The fraction of sp³-hybridized carbons (Fsp3) is 0.686. The number of unbranched alkanes of at least 4 members (excludes halogenated alkanes) is 17. The first-order valence-electron chi connectivity index (χ1n) is 23.4. The molecule has 0 radical (unpaired) electrons. The summed E-state index contributed by atoms with van der Waals surface area (Å²) in [6, 6.07) is -0.721. The van der Waals surface area contributed by atoms with Crippen LogP contribution >= 0.6 is 0 Å². The number of allylic oxidation sites excluding steroid dienone is 14. The number of rotatable bonds is 40. The average molecular weight is 794 g/mol. The largest absolute Gasteiger partial charge is 0.462 e. The Bertz CT molecular complexity index is 1120. The molecule has 0 aromatic rings. The zero-order chi connectivity index (χ0) is 41.7. The Labute approximate surface area is 351 Å². The first kappa shape index (κ1) is 54.0. The molecule has 1 amide bonds. The lowest BCUT2D eigenvalue weighted by Gasteiger charge is -2.24. The Hall–Kier alpha value is -2.96. The van der Waals surface area contributed by atoms with Crippen molar-refractivity contribution in [1.82, 2.24) is 5.32 Å². The molecule has 0 aromatic carbocycles. The minimum absolute atomic E-state index is 0.0371. The van der Waals surface area contributed by atoms with Crippen LogP contribution in [0.15, 0.2) is 85.1 Å². The van der Waals surface area contributed by atoms with E-state index < -0.39 is 18.2 Å². The molecule has 0 saturated carbocycles. The monoisotopic (exact) mass is 794 g/mol. The highest BCUT2D eigenvalue weighted by Crippen LogP contribution is 2.16. The SMILES string of the molecule is CC/C=C/C=C/C=C/C=C\CCCCCCCC(=O)OC(CCCC/C=C/C/C=C/C/C=C/CC)CC(=O)NC(CO)C(O)CCCCCCCCCCCCC. The fourth-order valence-corrected chi connectivity index (χ4v) is 6.57. The fourth-order valence-electron chi connectivity index (χ4n) is 6.57. The number of carbonyl (C=O) groups excluding carboxylic acids is 2. The molecule has 6 heteroatoms. The first-order chi connectivity index (χ1) is 28.0. The van der Waals surface area contributed by atoms with Crippen molar-refractivity contribution in [2.75, 3.05) is 6.61 Å². The normalized spacial score (nSPS) is 14.1. The second-order valence-electron chi connectivity index (χ2n) is 15.5. The van der Waals surface area contributed by atoms with Gasteiger partial charge in [0, 0.05) is 6.42 Å². The number of nitrogens with one attached hydrogen (secondary N) is 1. The summed E-state index contributed by atoms with van der Waals surface area (Å²) in [7, 11) is 0. The van der Waals surface area contributed by atoms with Crippen molar-refractivity contribution >= 4 is 11.9 Å². The molecule has 6 nitrogen and oxygen atoms in total. The lowest BCUT2D eigenvalue weighted by molar-refractivity contribution is -0.151. The van der Waals surface area contributed by atoms with Crippen molar-refractivity contribution < 1.29 is 24.5 Å². The van der Waals surface area contributed by atoms with E-state index in [1.54, 1.807) is 0 Å². The average Bonchev–Trinajstić information content (AvgIpc) is 3.20. The molecule has 57 heavy (non-hydrogen) atoms. The van der Waals surface area contributed by atoms with Crippen molar-refractivity contribution in [2.45, 2.75) is 219 Å². The van der Waals surface area contributed by atoms with Gasteiger partial charge in [0.2, 0.25) is 5.91 Å². The Kier molecular flexibility index (Phi) is 41.9. The van der Waals surface area contributed by atoms with Crippen molar-refractivity contribution in [3.63, 3.8) is 0 Å². The third-order valence-corrected chi connectivity index (χ3v) is 10.1. The van der Waals surface area contributed by atoms with Crippen molar-refractivity contribution in [1.29, 1.82) is 0 Å². The molecule has 0 aliphatic carbocycles. The van der Waals surface area contributed by atoms with Crippen LogP contribution in [-0.2, 0) is 14.3 Å². The molecule has 3 unspecified atom stereocenters. The van der Waals surface area contributed by atoms with Crippen molar-refractivity contribution in [3.05, 3.63) is 85.1 Å². The number of carbonyl (C=O) groups is 2. The molecule has 3 N–H and O–H groups in total. The molecule has 3 atom stereocenters. The molecule has 0 aliphatic rings. The second kappa shape index (κ2) is 44.1. The highest BCUT2D eigenvalue weighted by atomic mass is 16.5. The van der Waals surface area contributed by atoms with E-state index >= 15 is 0 Å². The minimum atomic E-state index is -0.804. The summed E-state index contributed by atoms with van der Waals surface area (Å²) in [6.07, 6.45) is 56.4. The number of ether oxygens (including phenoxy) is 1. The van der Waals surface area contributed by atoms with Crippen LogP contribution in [0, 0.1) is 0 Å². The summed E-state index contributed by atoms with van der Waals surface area (Å²) >= 11 is 0. The number of esters is 1. The Morgan fingerprint density at radius 3 is 1.67 bits per heavy atom. The maximum absolute atomic E-state index is 13.1. The van der Waals surface area contributed by atoms with E-state index in [9.17, 15) is 19.8 Å². The Morgan fingerprint density at radius 2 is 1.04 bits per heavy atom. The lowest BCUT2D eigenvalue weighted by Crippen LogP contribution is -2.46. The van der Waals surface area contributed by atoms with Gasteiger partial charge in [-0.1, -0.05) is 196 Å². The van der Waals surface area contributed by atoms with E-state index in [-0.39, 0.29) is 24.9 Å². The predicted octanol–water partition coefficient (Wildman–Crippen LogP) is 13.6. The van der Waals surface area contributed by atoms with Gasteiger partial charge < -0.3 is 20.3 Å². The van der Waals surface area contributed by atoms with Gasteiger partial charge >= 0.3 is 5.97 Å². The predicted molar refractivity (Wildman–Crippen MR) is 245 cm³/mol. The van der Waals surface area contributed by atoms with E-state index in [1.165, 1.54) is 51.4 Å². The molecular weight excluding hydrogens is 707 g/mol. The molecular formula is C51H87NO5. The van der Waals surface area contributed by atoms with Gasteiger partial charge in [0.25, 0.3) is 0 Å². The highest BCUT2D eigenvalue weighted by molar-refractivity contribution is 5.77. The second-order valence-corrected chi connectivity index (χ2v) is 15.5. The van der Waals surface area contributed by atoms with E-state index in [0.29, 0.717) is 19.3 Å². The van der Waals surface area contributed by atoms with Gasteiger partial charge in [-0.15, -0.1) is 0 Å². The van der Waals surface area contributed by atoms with Gasteiger partial charge in [-0.05, 0) is 77.0 Å². The van der Waals surface area contributed by atoms with Gasteiger partial charge in [0.15, 0.2) is 0 Å². The van der Waals surface area contributed by atoms with Crippen LogP contribution < -0.4 is 5.32 Å². The first-order valence-corrected chi connectivity index (χ1v) is 23.4. The lowest BCUT2D eigenvalue weighted by atomic mass is 10.0. The molecule has 0 fully saturated rings. The number of aliphatic hydroxyl groups excluding tert-OH is 2. The number of hydrogen-bond acceptors (Lipinski definition) is 5. The van der Waals surface area contributed by atoms with Crippen molar-refractivity contribution in [2.24, 2.45) is 0 Å². The Morgan fingerprint density at radius 1 is 0.544 bits per heavy atom. The molecule has 0 spiro atoms. The van der Waals surface area contributed by atoms with Crippen LogP contribution in [0.2, 0.25) is 0 Å². The van der Waals surface area contributed by atoms with Crippen LogP contribution in [0.1, 0.15) is 201 Å². The quantitative estimate of drug-likeness (QED) is 0.0248. The molecule has 0 bridgehead atoms. The topological polar surface area (TPSA) is 95.9 Å². The van der Waals surface area contributed by atoms with Crippen LogP contribution in [0.5, 0.6) is 0 Å². The number of hydrogen-bond donors (Lipinski definition) is 3. The highest BCUT2D eigenvalue weighted by Gasteiger charge is 2.24. The van der Waals surface area contributed by atoms with E-state index in [1.807, 2.05) is 18.2 Å². The minimum Gasteiger partial charge on any atom is -0.462 e. The van der Waals surface area contributed by atoms with Crippen LogP contribution in [0.25, 0.3) is 0 Å². The van der Waals surface area contributed by atoms with E-state index in [0.717, 1.165) is 103 Å². The standard InChI is InChI=1S/C51H87NO5/c1-4-7-10-13-16-19-22-24-25-26-29-32-35-38-41-44-51(56)57-47(42-39-36-33-30-28-23-20-17-14-11-8-5-2)45-50(55)52-48(46-53)49(54)43-40-37-34-31-27-21-18-15-12-9-6-3/h7-8,10-11,13,16-17,19-20,22,24-25,28,30,47-49,53-54H,4-6,9,12,14-15,18,21,23,26-27,29,31-46H2,1-3H3,(H,52,55)/b10-7+,11-8+,16-13+,20-17+,22-19+,25-24-,30-28+. The van der Waals surface area contributed by atoms with Crippen LogP contribution in [0.4, 0.5) is 0 Å². The summed E-state index contributed by atoms with van der Waals surface area (Å²) in [5, 5.41) is 23.6. The molecule has 0 saturated heterocycles. The molecule has 0 heterocycles. The third-order valence-electron chi connectivity index (χ3n) is 10.1. The van der Waals surface area contributed by atoms with E-state index in [2.05, 4.69) is 92.9 Å². The van der Waals surface area contributed by atoms with Crippen LogP contribution in [0.3, 0.4) is 0 Å². The molecule has 0 aromatic heterocycles. The zero-order valence-electron chi connectivity index (χ0n) is 36.9. The summed E-state index contributed by atoms with van der Waals surface area (Å²) in [4.78, 5) is 26.0. The zero-order valence-corrected chi connectivity index (χ0v) is 36.9. The molecule has 0 aliphatic heterocycles. The van der Waals surface area contributed by atoms with Gasteiger partial charge in [-0.25, -0.2) is 0 Å². The maximum atomic E-state index is 13.1. The van der Waals surface area contributed by atoms with Gasteiger partial charge in [0.1, 0.15) is 6.10 Å². The van der Waals surface area contributed by atoms with E-state index in [4.69, 9.17) is 4.74 Å². The smallest absolute Gasteiger partial charge is 0.306 e. The molecule has 0 rings (SSSR count). The van der Waals surface area contributed by atoms with Crippen LogP contribution in [-0.4, -0.2) is 46.9 Å².